The van der Waals surface area contributed by atoms with Crippen molar-refractivity contribution in [1.29, 1.82) is 0 Å². The predicted molar refractivity (Wildman–Crippen MR) is 80.5 cm³/mol. The van der Waals surface area contributed by atoms with Gasteiger partial charge < -0.3 is 10.1 Å². The fourth-order valence-corrected chi connectivity index (χ4v) is 2.17. The Morgan fingerprint density at radius 2 is 2.10 bits per heavy atom. The van der Waals surface area contributed by atoms with Crippen molar-refractivity contribution in [3.8, 4) is 11.6 Å². The average molecular weight is 339 g/mol. The highest BCUT2D eigenvalue weighted by Crippen LogP contribution is 2.29. The molecule has 0 radical (unpaired) electrons. The van der Waals surface area contributed by atoms with E-state index >= 15 is 0 Å². The Labute approximate surface area is 126 Å². The Morgan fingerprint density at radius 3 is 2.75 bits per heavy atom. The summed E-state index contributed by atoms with van der Waals surface area (Å²) in [7, 11) is 0. The standard InChI is InChI=1S/C15H16BrFN2O/c1-3-18-9-11-4-7-15(19-10(11)2)20-14-6-5-12(17)8-13(14)16/h4-8,18H,3,9H2,1-2H3. The zero-order valence-electron chi connectivity index (χ0n) is 11.4. The van der Waals surface area contributed by atoms with Gasteiger partial charge in [-0.15, -0.1) is 0 Å². The van der Waals surface area contributed by atoms with Crippen LogP contribution in [0.4, 0.5) is 4.39 Å². The molecule has 1 heterocycles. The minimum Gasteiger partial charge on any atom is -0.438 e. The molecule has 0 bridgehead atoms. The number of aromatic nitrogens is 1. The molecule has 0 aliphatic carbocycles. The van der Waals surface area contributed by atoms with E-state index in [1.54, 1.807) is 6.07 Å². The maximum atomic E-state index is 13.0. The predicted octanol–water partition coefficient (Wildman–Crippen LogP) is 4.19. The summed E-state index contributed by atoms with van der Waals surface area (Å²) >= 11 is 3.27. The van der Waals surface area contributed by atoms with Crippen LogP contribution in [0.2, 0.25) is 0 Å². The first-order valence-corrected chi connectivity index (χ1v) is 7.19. The monoisotopic (exact) mass is 338 g/mol. The molecule has 0 spiro atoms. The van der Waals surface area contributed by atoms with E-state index in [1.165, 1.54) is 12.1 Å². The molecule has 1 aromatic heterocycles. The summed E-state index contributed by atoms with van der Waals surface area (Å²) in [6.45, 7) is 5.71. The minimum atomic E-state index is -0.311. The fraction of sp³-hybridized carbons (Fsp3) is 0.267. The molecule has 0 aliphatic heterocycles. The maximum absolute atomic E-state index is 13.0. The first kappa shape index (κ1) is 14.9. The third kappa shape index (κ3) is 3.77. The summed E-state index contributed by atoms with van der Waals surface area (Å²) in [5, 5.41) is 3.26. The number of rotatable bonds is 5. The molecule has 5 heteroatoms. The Balaban J connectivity index is 2.15. The molecular formula is C15H16BrFN2O. The van der Waals surface area contributed by atoms with Gasteiger partial charge in [0, 0.05) is 18.3 Å². The van der Waals surface area contributed by atoms with Gasteiger partial charge in [-0.05, 0) is 53.2 Å². The molecule has 0 amide bonds. The number of ether oxygens (including phenoxy) is 1. The van der Waals surface area contributed by atoms with Crippen molar-refractivity contribution in [3.05, 3.63) is 51.9 Å². The summed E-state index contributed by atoms with van der Waals surface area (Å²) in [5.74, 6) is 0.724. The summed E-state index contributed by atoms with van der Waals surface area (Å²) in [6, 6.07) is 8.09. The fourth-order valence-electron chi connectivity index (χ4n) is 1.74. The average Bonchev–Trinajstić information content (AvgIpc) is 2.41. The zero-order valence-corrected chi connectivity index (χ0v) is 13.0. The number of hydrogen-bond acceptors (Lipinski definition) is 3. The summed E-state index contributed by atoms with van der Waals surface area (Å²) in [6.07, 6.45) is 0. The second-order valence-corrected chi connectivity index (χ2v) is 5.21. The number of halogens is 2. The van der Waals surface area contributed by atoms with Gasteiger partial charge in [-0.1, -0.05) is 13.0 Å². The first-order chi connectivity index (χ1) is 9.60. The van der Waals surface area contributed by atoms with Gasteiger partial charge in [0.2, 0.25) is 5.88 Å². The zero-order chi connectivity index (χ0) is 14.5. The van der Waals surface area contributed by atoms with Gasteiger partial charge in [0.15, 0.2) is 0 Å². The largest absolute Gasteiger partial charge is 0.438 e. The molecule has 20 heavy (non-hydrogen) atoms. The van der Waals surface area contributed by atoms with E-state index < -0.39 is 0 Å². The van der Waals surface area contributed by atoms with Crippen LogP contribution in [-0.2, 0) is 6.54 Å². The lowest BCUT2D eigenvalue weighted by Crippen LogP contribution is -2.13. The third-order valence-electron chi connectivity index (χ3n) is 2.84. The molecule has 0 atom stereocenters. The van der Waals surface area contributed by atoms with Crippen LogP contribution in [-0.4, -0.2) is 11.5 Å². The van der Waals surface area contributed by atoms with E-state index in [0.717, 1.165) is 24.3 Å². The summed E-state index contributed by atoms with van der Waals surface area (Å²) in [4.78, 5) is 4.41. The van der Waals surface area contributed by atoms with E-state index in [2.05, 4.69) is 33.2 Å². The molecule has 2 aromatic rings. The second kappa shape index (κ2) is 6.81. The van der Waals surface area contributed by atoms with Gasteiger partial charge in [0.1, 0.15) is 11.6 Å². The highest BCUT2D eigenvalue weighted by Gasteiger charge is 2.07. The van der Waals surface area contributed by atoms with E-state index in [9.17, 15) is 4.39 Å². The van der Waals surface area contributed by atoms with Gasteiger partial charge >= 0.3 is 0 Å². The number of benzene rings is 1. The van der Waals surface area contributed by atoms with E-state index in [1.807, 2.05) is 19.1 Å². The number of nitrogens with zero attached hydrogens (tertiary/aromatic N) is 1. The first-order valence-electron chi connectivity index (χ1n) is 6.40. The van der Waals surface area contributed by atoms with Crippen LogP contribution in [0.1, 0.15) is 18.2 Å². The van der Waals surface area contributed by atoms with Crippen molar-refractivity contribution in [2.75, 3.05) is 6.54 Å². The van der Waals surface area contributed by atoms with Crippen molar-refractivity contribution in [1.82, 2.24) is 10.3 Å². The molecule has 0 saturated heterocycles. The van der Waals surface area contributed by atoms with Crippen LogP contribution in [0.5, 0.6) is 11.6 Å². The molecule has 3 nitrogen and oxygen atoms in total. The lowest BCUT2D eigenvalue weighted by molar-refractivity contribution is 0.456. The molecule has 0 unspecified atom stereocenters. The molecule has 1 N–H and O–H groups in total. The quantitative estimate of drug-likeness (QED) is 0.887. The molecule has 106 valence electrons. The Bertz CT molecular complexity index is 604. The van der Waals surface area contributed by atoms with E-state index in [4.69, 9.17) is 4.74 Å². The second-order valence-electron chi connectivity index (χ2n) is 4.35. The van der Waals surface area contributed by atoms with Gasteiger partial charge in [-0.3, -0.25) is 0 Å². The number of pyridine rings is 1. The molecule has 0 aliphatic rings. The number of aryl methyl sites for hydroxylation is 1. The smallest absolute Gasteiger partial charge is 0.219 e. The SMILES string of the molecule is CCNCc1ccc(Oc2ccc(F)cc2Br)nc1C. The van der Waals surface area contributed by atoms with Crippen molar-refractivity contribution in [2.45, 2.75) is 20.4 Å². The Morgan fingerprint density at radius 1 is 1.30 bits per heavy atom. The Hall–Kier alpha value is -1.46. The maximum Gasteiger partial charge on any atom is 0.219 e. The normalized spacial score (nSPS) is 10.6. The van der Waals surface area contributed by atoms with Crippen molar-refractivity contribution >= 4 is 15.9 Å². The highest BCUT2D eigenvalue weighted by molar-refractivity contribution is 9.10. The van der Waals surface area contributed by atoms with Gasteiger partial charge in [0.25, 0.3) is 0 Å². The summed E-state index contributed by atoms with van der Waals surface area (Å²) < 4.78 is 19.2. The van der Waals surface area contributed by atoms with Crippen molar-refractivity contribution in [2.24, 2.45) is 0 Å². The van der Waals surface area contributed by atoms with Crippen LogP contribution in [0, 0.1) is 12.7 Å². The Kier molecular flexibility index (Phi) is 5.09. The lowest BCUT2D eigenvalue weighted by atomic mass is 10.2. The van der Waals surface area contributed by atoms with Crippen LogP contribution in [0.25, 0.3) is 0 Å². The van der Waals surface area contributed by atoms with Crippen molar-refractivity contribution in [3.63, 3.8) is 0 Å². The lowest BCUT2D eigenvalue weighted by Gasteiger charge is -2.10. The molecule has 0 fully saturated rings. The van der Waals surface area contributed by atoms with Gasteiger partial charge in [-0.2, -0.15) is 0 Å². The molecule has 0 saturated carbocycles. The molecular weight excluding hydrogens is 323 g/mol. The molecule has 1 aromatic carbocycles. The van der Waals surface area contributed by atoms with Gasteiger partial charge in [0.05, 0.1) is 4.47 Å². The topological polar surface area (TPSA) is 34.1 Å². The van der Waals surface area contributed by atoms with Crippen molar-refractivity contribution < 1.29 is 9.13 Å². The van der Waals surface area contributed by atoms with Crippen LogP contribution >= 0.6 is 15.9 Å². The third-order valence-corrected chi connectivity index (χ3v) is 3.46. The van der Waals surface area contributed by atoms with Crippen LogP contribution in [0.15, 0.2) is 34.8 Å². The number of nitrogens with one attached hydrogen (secondary N) is 1. The number of hydrogen-bond donors (Lipinski definition) is 1. The van der Waals surface area contributed by atoms with E-state index in [-0.39, 0.29) is 5.82 Å². The summed E-state index contributed by atoms with van der Waals surface area (Å²) in [5.41, 5.74) is 2.05. The van der Waals surface area contributed by atoms with Crippen LogP contribution in [0.3, 0.4) is 0 Å². The van der Waals surface area contributed by atoms with Gasteiger partial charge in [-0.25, -0.2) is 9.37 Å². The van der Waals surface area contributed by atoms with E-state index in [0.29, 0.717) is 16.1 Å². The highest BCUT2D eigenvalue weighted by atomic mass is 79.9. The molecule has 2 rings (SSSR count). The van der Waals surface area contributed by atoms with Crippen LogP contribution < -0.4 is 10.1 Å². The minimum absolute atomic E-state index is 0.311.